The predicted molar refractivity (Wildman–Crippen MR) is 80.1 cm³/mol. The molecule has 8 heteroatoms. The molecule has 0 saturated carbocycles. The lowest BCUT2D eigenvalue weighted by molar-refractivity contribution is -0.121. The van der Waals surface area contributed by atoms with Crippen LogP contribution in [-0.2, 0) is 9.53 Å². The van der Waals surface area contributed by atoms with Crippen molar-refractivity contribution in [3.8, 4) is 10.7 Å². The minimum atomic E-state index is -0.763. The average molecular weight is 314 g/mol. The van der Waals surface area contributed by atoms with Crippen LogP contribution in [0.3, 0.4) is 0 Å². The Balaban J connectivity index is 2.00. The maximum Gasteiger partial charge on any atom is 0.359 e. The van der Waals surface area contributed by atoms with Crippen molar-refractivity contribution in [3.63, 3.8) is 0 Å². The summed E-state index contributed by atoms with van der Waals surface area (Å²) in [7, 11) is 0. The van der Waals surface area contributed by atoms with Gasteiger partial charge in [-0.3, -0.25) is 4.79 Å². The summed E-state index contributed by atoms with van der Waals surface area (Å²) in [5.41, 5.74) is 6.09. The number of esters is 1. The summed E-state index contributed by atoms with van der Waals surface area (Å²) in [6.45, 7) is -0.505. The van der Waals surface area contributed by atoms with Gasteiger partial charge < -0.3 is 10.5 Å². The van der Waals surface area contributed by atoms with E-state index in [0.717, 1.165) is 10.2 Å². The third-order valence-corrected chi connectivity index (χ3v) is 3.78. The van der Waals surface area contributed by atoms with Gasteiger partial charge in [0.1, 0.15) is 10.7 Å². The standard InChI is InChI=1S/C14H10N4O3S/c15-10(19)7-21-14(20)12-11(16-5-6-17-12)13-18-8-3-1-2-4-9(8)22-13/h1-6H,7H2,(H2,15,19). The van der Waals surface area contributed by atoms with Crippen molar-refractivity contribution < 1.29 is 14.3 Å². The molecule has 2 N–H and O–H groups in total. The van der Waals surface area contributed by atoms with Crippen molar-refractivity contribution >= 4 is 33.4 Å². The highest BCUT2D eigenvalue weighted by Gasteiger charge is 2.20. The molecule has 0 radical (unpaired) electrons. The van der Waals surface area contributed by atoms with Crippen LogP contribution in [0.4, 0.5) is 0 Å². The second-order valence-corrected chi connectivity index (χ2v) is 5.31. The number of para-hydroxylation sites is 1. The maximum absolute atomic E-state index is 12.0. The molecule has 0 atom stereocenters. The lowest BCUT2D eigenvalue weighted by Gasteiger charge is -2.04. The van der Waals surface area contributed by atoms with E-state index in [4.69, 9.17) is 10.5 Å². The Kier molecular flexibility index (Phi) is 3.75. The molecule has 1 aromatic carbocycles. The number of fused-ring (bicyclic) bond motifs is 1. The predicted octanol–water partition coefficient (Wildman–Crippen LogP) is 1.40. The molecule has 0 aliphatic heterocycles. The van der Waals surface area contributed by atoms with Gasteiger partial charge in [-0.05, 0) is 12.1 Å². The first-order valence-electron chi connectivity index (χ1n) is 6.27. The van der Waals surface area contributed by atoms with E-state index in [2.05, 4.69) is 15.0 Å². The zero-order valence-corrected chi connectivity index (χ0v) is 12.0. The molecule has 0 spiro atoms. The van der Waals surface area contributed by atoms with E-state index in [0.29, 0.717) is 10.7 Å². The van der Waals surface area contributed by atoms with Crippen molar-refractivity contribution in [1.82, 2.24) is 15.0 Å². The minimum absolute atomic E-state index is 0.00260. The zero-order chi connectivity index (χ0) is 15.5. The Morgan fingerprint density at radius 2 is 1.95 bits per heavy atom. The number of carbonyl (C=O) groups is 2. The summed E-state index contributed by atoms with van der Waals surface area (Å²) >= 11 is 1.39. The fraction of sp³-hybridized carbons (Fsp3) is 0.0714. The smallest absolute Gasteiger partial charge is 0.359 e. The number of amides is 1. The largest absolute Gasteiger partial charge is 0.451 e. The van der Waals surface area contributed by atoms with Gasteiger partial charge in [-0.2, -0.15) is 0 Å². The van der Waals surface area contributed by atoms with E-state index in [9.17, 15) is 9.59 Å². The highest BCUT2D eigenvalue weighted by molar-refractivity contribution is 7.21. The second-order valence-electron chi connectivity index (χ2n) is 4.28. The number of hydrogen-bond donors (Lipinski definition) is 1. The summed E-state index contributed by atoms with van der Waals surface area (Å²) < 4.78 is 5.76. The van der Waals surface area contributed by atoms with Crippen LogP contribution in [-0.4, -0.2) is 33.4 Å². The van der Waals surface area contributed by atoms with Crippen molar-refractivity contribution in [2.45, 2.75) is 0 Å². The van der Waals surface area contributed by atoms with Crippen LogP contribution in [0.15, 0.2) is 36.7 Å². The molecular weight excluding hydrogens is 304 g/mol. The molecule has 0 saturated heterocycles. The molecule has 3 rings (SSSR count). The SMILES string of the molecule is NC(=O)COC(=O)c1nccnc1-c1nc2ccccc2s1. The van der Waals surface area contributed by atoms with Crippen molar-refractivity contribution in [1.29, 1.82) is 0 Å². The van der Waals surface area contributed by atoms with Gasteiger partial charge in [-0.25, -0.2) is 19.7 Å². The number of benzene rings is 1. The Morgan fingerprint density at radius 3 is 2.73 bits per heavy atom. The third-order valence-electron chi connectivity index (χ3n) is 2.73. The summed E-state index contributed by atoms with van der Waals surface area (Å²) in [6, 6.07) is 7.59. The molecular formula is C14H10N4O3S. The van der Waals surface area contributed by atoms with Crippen LogP contribution in [0.2, 0.25) is 0 Å². The Labute approximate surface area is 128 Å². The first kappa shape index (κ1) is 14.1. The summed E-state index contributed by atoms with van der Waals surface area (Å²) in [5, 5.41) is 0.556. The molecule has 2 heterocycles. The lowest BCUT2D eigenvalue weighted by Crippen LogP contribution is -2.21. The molecule has 0 unspecified atom stereocenters. The van der Waals surface area contributed by atoms with Gasteiger partial charge in [0.2, 0.25) is 0 Å². The molecule has 0 aliphatic carbocycles. The molecule has 22 heavy (non-hydrogen) atoms. The van der Waals surface area contributed by atoms with E-state index < -0.39 is 18.5 Å². The summed E-state index contributed by atoms with van der Waals surface area (Å²) in [5.74, 6) is -1.50. The highest BCUT2D eigenvalue weighted by Crippen LogP contribution is 2.30. The van der Waals surface area contributed by atoms with Crippen molar-refractivity contribution in [2.75, 3.05) is 6.61 Å². The Hall–Kier alpha value is -2.87. The van der Waals surface area contributed by atoms with E-state index in [1.54, 1.807) is 0 Å². The second kappa shape index (κ2) is 5.86. The van der Waals surface area contributed by atoms with Gasteiger partial charge in [0, 0.05) is 12.4 Å². The number of nitrogens with zero attached hydrogens (tertiary/aromatic N) is 3. The number of carbonyl (C=O) groups excluding carboxylic acids is 2. The van der Waals surface area contributed by atoms with Gasteiger partial charge >= 0.3 is 5.97 Å². The normalized spacial score (nSPS) is 10.5. The molecule has 3 aromatic rings. The third kappa shape index (κ3) is 2.77. The number of hydrogen-bond acceptors (Lipinski definition) is 7. The van der Waals surface area contributed by atoms with E-state index >= 15 is 0 Å². The number of nitrogens with two attached hydrogens (primary N) is 1. The molecule has 0 bridgehead atoms. The number of rotatable bonds is 4. The number of thiazole rings is 1. The van der Waals surface area contributed by atoms with Gasteiger partial charge in [-0.15, -0.1) is 11.3 Å². The van der Waals surface area contributed by atoms with Crippen LogP contribution in [0.25, 0.3) is 20.9 Å². The zero-order valence-electron chi connectivity index (χ0n) is 11.2. The van der Waals surface area contributed by atoms with Crippen LogP contribution in [0.5, 0.6) is 0 Å². The molecule has 1 amide bonds. The lowest BCUT2D eigenvalue weighted by atomic mass is 10.3. The minimum Gasteiger partial charge on any atom is -0.451 e. The van der Waals surface area contributed by atoms with Crippen LogP contribution in [0.1, 0.15) is 10.5 Å². The van der Waals surface area contributed by atoms with Gasteiger partial charge in [0.25, 0.3) is 5.91 Å². The molecule has 2 aromatic heterocycles. The topological polar surface area (TPSA) is 108 Å². The van der Waals surface area contributed by atoms with Crippen LogP contribution < -0.4 is 5.73 Å². The molecule has 110 valence electrons. The number of aromatic nitrogens is 3. The highest BCUT2D eigenvalue weighted by atomic mass is 32.1. The first-order chi connectivity index (χ1) is 10.6. The van der Waals surface area contributed by atoms with E-state index in [-0.39, 0.29) is 5.69 Å². The van der Waals surface area contributed by atoms with E-state index in [1.807, 2.05) is 24.3 Å². The maximum atomic E-state index is 12.0. The van der Waals surface area contributed by atoms with E-state index in [1.165, 1.54) is 23.7 Å². The fourth-order valence-electron chi connectivity index (χ4n) is 1.82. The number of primary amides is 1. The van der Waals surface area contributed by atoms with Crippen LogP contribution >= 0.6 is 11.3 Å². The van der Waals surface area contributed by atoms with Crippen LogP contribution in [0, 0.1) is 0 Å². The Morgan fingerprint density at radius 1 is 1.18 bits per heavy atom. The molecule has 0 aliphatic rings. The van der Waals surface area contributed by atoms with Crippen molar-refractivity contribution in [3.05, 3.63) is 42.4 Å². The quantitative estimate of drug-likeness (QED) is 0.729. The van der Waals surface area contributed by atoms with Gasteiger partial charge in [0.15, 0.2) is 12.3 Å². The van der Waals surface area contributed by atoms with Gasteiger partial charge in [0.05, 0.1) is 10.2 Å². The number of ether oxygens (including phenoxy) is 1. The fourth-order valence-corrected chi connectivity index (χ4v) is 2.79. The summed E-state index contributed by atoms with van der Waals surface area (Å²) in [6.07, 6.45) is 2.84. The summed E-state index contributed by atoms with van der Waals surface area (Å²) in [4.78, 5) is 35.3. The van der Waals surface area contributed by atoms with Crippen molar-refractivity contribution in [2.24, 2.45) is 5.73 Å². The van der Waals surface area contributed by atoms with Gasteiger partial charge in [-0.1, -0.05) is 12.1 Å². The first-order valence-corrected chi connectivity index (χ1v) is 7.09. The average Bonchev–Trinajstić information content (AvgIpc) is 2.96. The monoisotopic (exact) mass is 314 g/mol. The molecule has 0 fully saturated rings. The molecule has 7 nitrogen and oxygen atoms in total. The Bertz CT molecular complexity index is 829.